The molecular weight excluding hydrogens is 346 g/mol. The van der Waals surface area contributed by atoms with Crippen LogP contribution in [0.4, 0.5) is 11.4 Å². The number of thiocarbonyl (C=S) groups is 1. The average molecular weight is 370 g/mol. The van der Waals surface area contributed by atoms with Gasteiger partial charge in [-0.25, -0.2) is 0 Å². The molecule has 2 aliphatic heterocycles. The second kappa shape index (κ2) is 6.98. The van der Waals surface area contributed by atoms with Gasteiger partial charge in [-0.3, -0.25) is 0 Å². The van der Waals surface area contributed by atoms with Gasteiger partial charge in [-0.2, -0.15) is 0 Å². The molecular formula is C20H23N3S2. The zero-order chi connectivity index (χ0) is 17.4. The van der Waals surface area contributed by atoms with Gasteiger partial charge in [0, 0.05) is 27.9 Å². The zero-order valence-electron chi connectivity index (χ0n) is 14.4. The Hall–Kier alpha value is -1.56. The summed E-state index contributed by atoms with van der Waals surface area (Å²) in [5.74, 6) is 0. The third-order valence-corrected chi connectivity index (χ3v) is 6.38. The molecule has 2 aromatic carbocycles. The summed E-state index contributed by atoms with van der Waals surface area (Å²) >= 11 is 7.04. The van der Waals surface area contributed by atoms with Crippen LogP contribution in [-0.2, 0) is 0 Å². The van der Waals surface area contributed by atoms with E-state index in [2.05, 4.69) is 53.1 Å². The molecule has 2 aromatic rings. The maximum absolute atomic E-state index is 5.89. The number of nitrogens with two attached hydrogens (primary N) is 1. The lowest BCUT2D eigenvalue weighted by molar-refractivity contribution is 0.319. The van der Waals surface area contributed by atoms with E-state index < -0.39 is 0 Å². The molecule has 2 N–H and O–H groups in total. The predicted octanol–water partition coefficient (Wildman–Crippen LogP) is 4.41. The predicted molar refractivity (Wildman–Crippen MR) is 110 cm³/mol. The van der Waals surface area contributed by atoms with E-state index >= 15 is 0 Å². The van der Waals surface area contributed by atoms with Crippen LogP contribution in [0.3, 0.4) is 0 Å². The Morgan fingerprint density at radius 3 is 2.60 bits per heavy atom. The summed E-state index contributed by atoms with van der Waals surface area (Å²) in [6, 6.07) is 15.4. The molecule has 1 fully saturated rings. The smallest absolute Gasteiger partial charge is 0.104 e. The molecule has 0 bridgehead atoms. The van der Waals surface area contributed by atoms with Crippen molar-refractivity contribution in [1.82, 2.24) is 4.90 Å². The van der Waals surface area contributed by atoms with Crippen molar-refractivity contribution in [3.8, 4) is 0 Å². The maximum Gasteiger partial charge on any atom is 0.104 e. The molecule has 1 saturated heterocycles. The second-order valence-electron chi connectivity index (χ2n) is 6.84. The van der Waals surface area contributed by atoms with Crippen molar-refractivity contribution >= 4 is 40.3 Å². The monoisotopic (exact) mass is 369 g/mol. The van der Waals surface area contributed by atoms with E-state index in [-0.39, 0.29) is 0 Å². The van der Waals surface area contributed by atoms with Gasteiger partial charge in [0.1, 0.15) is 4.99 Å². The van der Waals surface area contributed by atoms with Gasteiger partial charge in [0.25, 0.3) is 0 Å². The molecule has 0 aliphatic carbocycles. The minimum Gasteiger partial charge on any atom is -0.389 e. The highest BCUT2D eigenvalue weighted by Crippen LogP contribution is 2.49. The molecule has 25 heavy (non-hydrogen) atoms. The lowest BCUT2D eigenvalue weighted by Gasteiger charge is -2.39. The third kappa shape index (κ3) is 3.28. The molecule has 1 atom stereocenters. The molecule has 0 spiro atoms. The number of nitrogens with zero attached hydrogens (tertiary/aromatic N) is 2. The third-order valence-electron chi connectivity index (χ3n) is 5.01. The molecule has 3 nitrogen and oxygen atoms in total. The van der Waals surface area contributed by atoms with Crippen molar-refractivity contribution in [3.05, 3.63) is 48.0 Å². The summed E-state index contributed by atoms with van der Waals surface area (Å²) in [5.41, 5.74) is 9.34. The van der Waals surface area contributed by atoms with E-state index in [1.807, 2.05) is 17.8 Å². The fraction of sp³-hybridized carbons (Fsp3) is 0.350. The molecule has 4 rings (SSSR count). The van der Waals surface area contributed by atoms with Crippen LogP contribution >= 0.6 is 24.0 Å². The van der Waals surface area contributed by atoms with E-state index in [0.717, 1.165) is 12.1 Å². The first kappa shape index (κ1) is 16.9. The van der Waals surface area contributed by atoms with Gasteiger partial charge in [-0.15, -0.1) is 0 Å². The van der Waals surface area contributed by atoms with Crippen molar-refractivity contribution in [2.45, 2.75) is 35.6 Å². The van der Waals surface area contributed by atoms with Gasteiger partial charge in [0.05, 0.1) is 11.4 Å². The van der Waals surface area contributed by atoms with Crippen molar-refractivity contribution < 1.29 is 0 Å². The van der Waals surface area contributed by atoms with Gasteiger partial charge in [0.2, 0.25) is 0 Å². The average Bonchev–Trinajstić information content (AvgIpc) is 3.11. The summed E-state index contributed by atoms with van der Waals surface area (Å²) in [5, 5.41) is 0. The highest BCUT2D eigenvalue weighted by Gasteiger charge is 2.28. The van der Waals surface area contributed by atoms with Crippen LogP contribution in [0.15, 0.2) is 52.3 Å². The van der Waals surface area contributed by atoms with Gasteiger partial charge in [0.15, 0.2) is 0 Å². The number of para-hydroxylation sites is 1. The molecule has 2 aliphatic rings. The summed E-state index contributed by atoms with van der Waals surface area (Å²) in [4.78, 5) is 8.09. The molecule has 5 heteroatoms. The number of benzene rings is 2. The number of fused-ring (bicyclic) bond motifs is 2. The Morgan fingerprint density at radius 2 is 1.84 bits per heavy atom. The first-order valence-corrected chi connectivity index (χ1v) is 10.1. The van der Waals surface area contributed by atoms with E-state index in [1.54, 1.807) is 0 Å². The van der Waals surface area contributed by atoms with Crippen LogP contribution in [0.2, 0.25) is 0 Å². The Balaban J connectivity index is 1.75. The topological polar surface area (TPSA) is 32.5 Å². The Kier molecular flexibility index (Phi) is 4.71. The number of likely N-dealkylation sites (tertiary alicyclic amines) is 1. The Bertz CT molecular complexity index is 799. The Labute approximate surface area is 159 Å². The number of hydrogen-bond donors (Lipinski definition) is 1. The van der Waals surface area contributed by atoms with Crippen LogP contribution in [0, 0.1) is 0 Å². The first-order chi connectivity index (χ1) is 12.1. The number of rotatable bonds is 4. The SMILES string of the molecule is C[C@H](CN1CCCC1)N1c2ccccc2Sc2ccc(C(N)=S)cc21. The van der Waals surface area contributed by atoms with Crippen LogP contribution in [0.5, 0.6) is 0 Å². The van der Waals surface area contributed by atoms with Gasteiger partial charge in [-0.05, 0) is 57.1 Å². The fourth-order valence-corrected chi connectivity index (χ4v) is 5.01. The molecule has 0 unspecified atom stereocenters. The minimum absolute atomic E-state index is 0.389. The largest absolute Gasteiger partial charge is 0.389 e. The van der Waals surface area contributed by atoms with Crippen molar-refractivity contribution in [3.63, 3.8) is 0 Å². The van der Waals surface area contributed by atoms with E-state index in [1.165, 1.54) is 47.1 Å². The number of hydrogen-bond acceptors (Lipinski definition) is 4. The van der Waals surface area contributed by atoms with Crippen molar-refractivity contribution in [2.24, 2.45) is 5.73 Å². The highest BCUT2D eigenvalue weighted by molar-refractivity contribution is 7.99. The zero-order valence-corrected chi connectivity index (χ0v) is 16.1. The standard InChI is InChI=1S/C20H23N3S2/c1-14(13-22-10-4-5-11-22)23-16-6-2-3-7-18(16)25-19-9-8-15(20(21)24)12-17(19)23/h2-3,6-9,12,14H,4-5,10-11,13H2,1H3,(H2,21,24)/t14-/m1/s1. The summed E-state index contributed by atoms with van der Waals surface area (Å²) in [6.45, 7) is 5.83. The van der Waals surface area contributed by atoms with Crippen molar-refractivity contribution in [1.29, 1.82) is 0 Å². The number of anilines is 2. The van der Waals surface area contributed by atoms with Crippen LogP contribution in [0.25, 0.3) is 0 Å². The fourth-order valence-electron chi connectivity index (χ4n) is 3.83. The summed E-state index contributed by atoms with van der Waals surface area (Å²) in [6.07, 6.45) is 2.64. The van der Waals surface area contributed by atoms with Crippen LogP contribution < -0.4 is 10.6 Å². The minimum atomic E-state index is 0.389. The van der Waals surface area contributed by atoms with Gasteiger partial charge in [-0.1, -0.05) is 42.2 Å². The van der Waals surface area contributed by atoms with Crippen LogP contribution in [-0.4, -0.2) is 35.6 Å². The molecule has 0 amide bonds. The van der Waals surface area contributed by atoms with E-state index in [0.29, 0.717) is 11.0 Å². The molecule has 0 aromatic heterocycles. The molecule has 0 radical (unpaired) electrons. The van der Waals surface area contributed by atoms with E-state index in [9.17, 15) is 0 Å². The summed E-state index contributed by atoms with van der Waals surface area (Å²) < 4.78 is 0. The molecule has 130 valence electrons. The van der Waals surface area contributed by atoms with Gasteiger partial charge < -0.3 is 15.5 Å². The molecule has 0 saturated carbocycles. The van der Waals surface area contributed by atoms with Gasteiger partial charge >= 0.3 is 0 Å². The lowest BCUT2D eigenvalue weighted by atomic mass is 10.1. The lowest BCUT2D eigenvalue weighted by Crippen LogP contribution is -2.40. The highest BCUT2D eigenvalue weighted by atomic mass is 32.2. The molecule has 2 heterocycles. The summed E-state index contributed by atoms with van der Waals surface area (Å²) in [7, 11) is 0. The quantitative estimate of drug-likeness (QED) is 0.807. The van der Waals surface area contributed by atoms with E-state index in [4.69, 9.17) is 18.0 Å². The second-order valence-corrected chi connectivity index (χ2v) is 8.37. The normalized spacial score (nSPS) is 17.9. The first-order valence-electron chi connectivity index (χ1n) is 8.86. The van der Waals surface area contributed by atoms with Crippen LogP contribution in [0.1, 0.15) is 25.3 Å². The maximum atomic E-state index is 5.89. The van der Waals surface area contributed by atoms with Crippen molar-refractivity contribution in [2.75, 3.05) is 24.5 Å². The Morgan fingerprint density at radius 1 is 1.12 bits per heavy atom.